The molecule has 0 aromatic carbocycles. The van der Waals surface area contributed by atoms with Gasteiger partial charge in [0, 0.05) is 31.0 Å². The van der Waals surface area contributed by atoms with Gasteiger partial charge in [-0.3, -0.25) is 9.69 Å². The number of nitrogens with zero attached hydrogens (tertiary/aromatic N) is 4. The second-order valence-electron chi connectivity index (χ2n) is 5.45. The van der Waals surface area contributed by atoms with E-state index in [4.69, 9.17) is 4.74 Å². The van der Waals surface area contributed by atoms with E-state index in [1.54, 1.807) is 29.2 Å². The van der Waals surface area contributed by atoms with Crippen LogP contribution in [0.1, 0.15) is 24.8 Å². The number of amides is 2. The van der Waals surface area contributed by atoms with Crippen LogP contribution in [0.5, 0.6) is 0 Å². The lowest BCUT2D eigenvalue weighted by atomic mass is 10.0. The first-order chi connectivity index (χ1) is 11.2. The quantitative estimate of drug-likeness (QED) is 0.911. The van der Waals surface area contributed by atoms with Gasteiger partial charge in [-0.05, 0) is 25.3 Å². The molecule has 1 fully saturated rings. The van der Waals surface area contributed by atoms with Crippen molar-refractivity contribution in [2.45, 2.75) is 31.8 Å². The molecule has 1 N–H and O–H groups in total. The Morgan fingerprint density at radius 1 is 1.43 bits per heavy atom. The molecule has 0 spiro atoms. The number of piperidine rings is 1. The molecule has 0 aliphatic carbocycles. The number of hydrogen-bond acceptors (Lipinski definition) is 5. The second kappa shape index (κ2) is 6.64. The molecule has 1 aliphatic heterocycles. The topological polar surface area (TPSA) is 88.8 Å². The fraction of sp³-hybridized carbons (Fsp3) is 0.467. The first kappa shape index (κ1) is 15.3. The summed E-state index contributed by atoms with van der Waals surface area (Å²) in [5.41, 5.74) is 1.54. The standard InChI is InChI=1S/C15H19N5O3/c1-23-15(22)19-7-3-2-5-12(19)14(21)17-9-11-10-18-20-8-4-6-16-13(11)20/h4,6,8,10,12H,2-3,5,7,9H2,1H3,(H,17,21). The summed E-state index contributed by atoms with van der Waals surface area (Å²) < 4.78 is 6.42. The Kier molecular flexibility index (Phi) is 4.40. The third-order valence-electron chi connectivity index (χ3n) is 4.02. The van der Waals surface area contributed by atoms with Crippen molar-refractivity contribution >= 4 is 17.6 Å². The molecule has 0 saturated carbocycles. The lowest BCUT2D eigenvalue weighted by Gasteiger charge is -2.33. The third-order valence-corrected chi connectivity index (χ3v) is 4.02. The van der Waals surface area contributed by atoms with Gasteiger partial charge in [0.15, 0.2) is 5.65 Å². The summed E-state index contributed by atoms with van der Waals surface area (Å²) in [6.45, 7) is 0.869. The number of carbonyl (C=O) groups excluding carboxylic acids is 2. The zero-order valence-corrected chi connectivity index (χ0v) is 12.9. The van der Waals surface area contributed by atoms with Gasteiger partial charge in [-0.15, -0.1) is 0 Å². The van der Waals surface area contributed by atoms with Crippen molar-refractivity contribution in [1.29, 1.82) is 0 Å². The second-order valence-corrected chi connectivity index (χ2v) is 5.45. The van der Waals surface area contributed by atoms with Crippen molar-refractivity contribution in [3.05, 3.63) is 30.2 Å². The van der Waals surface area contributed by atoms with Gasteiger partial charge in [0.2, 0.25) is 5.91 Å². The average Bonchev–Trinajstić information content (AvgIpc) is 3.02. The van der Waals surface area contributed by atoms with Gasteiger partial charge in [0.05, 0.1) is 13.3 Å². The van der Waals surface area contributed by atoms with E-state index in [-0.39, 0.29) is 5.91 Å². The third kappa shape index (κ3) is 3.10. The Hall–Kier alpha value is -2.64. The fourth-order valence-corrected chi connectivity index (χ4v) is 2.84. The molecule has 1 saturated heterocycles. The van der Waals surface area contributed by atoms with Crippen LogP contribution in [0.3, 0.4) is 0 Å². The molecule has 1 unspecified atom stereocenters. The van der Waals surface area contributed by atoms with Crippen LogP contribution in [-0.4, -0.2) is 51.2 Å². The number of likely N-dealkylation sites (tertiary alicyclic amines) is 1. The molecule has 23 heavy (non-hydrogen) atoms. The van der Waals surface area contributed by atoms with Gasteiger partial charge >= 0.3 is 6.09 Å². The Morgan fingerprint density at radius 2 is 2.30 bits per heavy atom. The number of hydrogen-bond donors (Lipinski definition) is 1. The first-order valence-electron chi connectivity index (χ1n) is 7.60. The monoisotopic (exact) mass is 317 g/mol. The molecule has 1 atom stereocenters. The highest BCUT2D eigenvalue weighted by atomic mass is 16.5. The Morgan fingerprint density at radius 3 is 3.13 bits per heavy atom. The van der Waals surface area contributed by atoms with Crippen molar-refractivity contribution in [2.24, 2.45) is 0 Å². The Balaban J connectivity index is 1.67. The van der Waals surface area contributed by atoms with Crippen molar-refractivity contribution in [1.82, 2.24) is 24.8 Å². The molecule has 2 aromatic heterocycles. The predicted octanol–water partition coefficient (Wildman–Crippen LogP) is 0.966. The summed E-state index contributed by atoms with van der Waals surface area (Å²) in [5.74, 6) is -0.176. The lowest BCUT2D eigenvalue weighted by molar-refractivity contribution is -0.127. The number of fused-ring (bicyclic) bond motifs is 1. The Labute approximate surface area is 133 Å². The molecular weight excluding hydrogens is 298 g/mol. The van der Waals surface area contributed by atoms with E-state index in [1.807, 2.05) is 0 Å². The maximum atomic E-state index is 12.5. The van der Waals surface area contributed by atoms with Gasteiger partial charge in [-0.25, -0.2) is 14.3 Å². The number of nitrogens with one attached hydrogen (secondary N) is 1. The van der Waals surface area contributed by atoms with E-state index in [9.17, 15) is 9.59 Å². The molecule has 2 aromatic rings. The summed E-state index contributed by atoms with van der Waals surface area (Å²) in [4.78, 5) is 30.0. The van der Waals surface area contributed by atoms with E-state index in [0.29, 0.717) is 25.2 Å². The van der Waals surface area contributed by atoms with Crippen molar-refractivity contribution < 1.29 is 14.3 Å². The van der Waals surface area contributed by atoms with E-state index in [2.05, 4.69) is 15.4 Å². The number of carbonyl (C=O) groups is 2. The van der Waals surface area contributed by atoms with E-state index < -0.39 is 12.1 Å². The minimum absolute atomic E-state index is 0.176. The summed E-state index contributed by atoms with van der Waals surface area (Å²) in [7, 11) is 1.33. The molecule has 0 bridgehead atoms. The van der Waals surface area contributed by atoms with Gasteiger partial charge in [0.25, 0.3) is 0 Å². The van der Waals surface area contributed by atoms with E-state index >= 15 is 0 Å². The summed E-state index contributed by atoms with van der Waals surface area (Å²) >= 11 is 0. The highest BCUT2D eigenvalue weighted by molar-refractivity contribution is 5.85. The van der Waals surface area contributed by atoms with E-state index in [1.165, 1.54) is 12.0 Å². The maximum Gasteiger partial charge on any atom is 0.410 e. The number of ether oxygens (including phenoxy) is 1. The molecular formula is C15H19N5O3. The fourth-order valence-electron chi connectivity index (χ4n) is 2.84. The van der Waals surface area contributed by atoms with Crippen molar-refractivity contribution in [3.8, 4) is 0 Å². The lowest BCUT2D eigenvalue weighted by Crippen LogP contribution is -2.51. The van der Waals surface area contributed by atoms with Crippen LogP contribution in [-0.2, 0) is 16.1 Å². The maximum absolute atomic E-state index is 12.5. The van der Waals surface area contributed by atoms with Crippen LogP contribution < -0.4 is 5.32 Å². The van der Waals surface area contributed by atoms with Gasteiger partial charge in [-0.2, -0.15) is 5.10 Å². The molecule has 1 aliphatic rings. The predicted molar refractivity (Wildman–Crippen MR) is 81.6 cm³/mol. The number of rotatable bonds is 3. The van der Waals surface area contributed by atoms with Gasteiger partial charge in [0.1, 0.15) is 6.04 Å². The zero-order valence-electron chi connectivity index (χ0n) is 12.9. The van der Waals surface area contributed by atoms with Crippen LogP contribution in [0.4, 0.5) is 4.79 Å². The normalized spacial score (nSPS) is 18.0. The largest absolute Gasteiger partial charge is 0.453 e. The first-order valence-corrected chi connectivity index (χ1v) is 7.60. The molecule has 8 nitrogen and oxygen atoms in total. The summed E-state index contributed by atoms with van der Waals surface area (Å²) in [6, 6.07) is 1.31. The van der Waals surface area contributed by atoms with Gasteiger partial charge < -0.3 is 10.1 Å². The van der Waals surface area contributed by atoms with Crippen molar-refractivity contribution in [2.75, 3.05) is 13.7 Å². The molecule has 122 valence electrons. The van der Waals surface area contributed by atoms with Crippen LogP contribution in [0.2, 0.25) is 0 Å². The molecule has 8 heteroatoms. The highest BCUT2D eigenvalue weighted by Crippen LogP contribution is 2.18. The minimum Gasteiger partial charge on any atom is -0.453 e. The summed E-state index contributed by atoms with van der Waals surface area (Å²) in [6.07, 6.45) is 7.16. The van der Waals surface area contributed by atoms with Crippen molar-refractivity contribution in [3.63, 3.8) is 0 Å². The van der Waals surface area contributed by atoms with E-state index in [0.717, 1.165) is 18.4 Å². The van der Waals surface area contributed by atoms with Crippen LogP contribution in [0, 0.1) is 0 Å². The van der Waals surface area contributed by atoms with Crippen LogP contribution in [0.15, 0.2) is 24.7 Å². The number of aromatic nitrogens is 3. The minimum atomic E-state index is -0.481. The average molecular weight is 317 g/mol. The molecule has 2 amide bonds. The van der Waals surface area contributed by atoms with Crippen LogP contribution in [0.25, 0.3) is 5.65 Å². The zero-order chi connectivity index (χ0) is 16.2. The highest BCUT2D eigenvalue weighted by Gasteiger charge is 2.32. The SMILES string of the molecule is COC(=O)N1CCCCC1C(=O)NCc1cnn2cccnc12. The molecule has 0 radical (unpaired) electrons. The Bertz CT molecular complexity index is 714. The number of methoxy groups -OCH3 is 1. The summed E-state index contributed by atoms with van der Waals surface area (Å²) in [5, 5.41) is 7.06. The van der Waals surface area contributed by atoms with Gasteiger partial charge in [-0.1, -0.05) is 0 Å². The molecule has 3 heterocycles. The van der Waals surface area contributed by atoms with Crippen LogP contribution >= 0.6 is 0 Å². The molecule has 3 rings (SSSR count). The smallest absolute Gasteiger partial charge is 0.410 e.